The van der Waals surface area contributed by atoms with Gasteiger partial charge < -0.3 is 10.2 Å². The average molecular weight is 261 g/mol. The highest BCUT2D eigenvalue weighted by Gasteiger charge is 2.24. The Labute approximate surface area is 117 Å². The number of aryl methyl sites for hydroxylation is 1. The fraction of sp³-hybridized carbons (Fsp3) is 0.625. The number of hydrogen-bond donors (Lipinski definition) is 1. The maximum absolute atomic E-state index is 3.27. The van der Waals surface area contributed by atoms with Crippen LogP contribution in [0.4, 0.5) is 5.69 Å². The van der Waals surface area contributed by atoms with Gasteiger partial charge >= 0.3 is 0 Å². The number of nitrogens with zero attached hydrogens (tertiary/aromatic N) is 2. The number of piperazine rings is 1. The van der Waals surface area contributed by atoms with Crippen molar-refractivity contribution in [3.05, 3.63) is 29.3 Å². The second kappa shape index (κ2) is 6.40. The van der Waals surface area contributed by atoms with Gasteiger partial charge in [-0.15, -0.1) is 0 Å². The van der Waals surface area contributed by atoms with Crippen LogP contribution in [0, 0.1) is 13.8 Å². The highest BCUT2D eigenvalue weighted by molar-refractivity contribution is 5.56. The van der Waals surface area contributed by atoms with Gasteiger partial charge in [-0.1, -0.05) is 12.1 Å². The number of likely N-dealkylation sites (N-methyl/N-ethyl adjacent to an activating group) is 1. The molecule has 0 amide bonds. The van der Waals surface area contributed by atoms with Gasteiger partial charge in [0.05, 0.1) is 0 Å². The van der Waals surface area contributed by atoms with Crippen LogP contribution in [0.2, 0.25) is 0 Å². The third-order valence-electron chi connectivity index (χ3n) is 4.42. The Morgan fingerprint density at radius 2 is 2.05 bits per heavy atom. The van der Waals surface area contributed by atoms with E-state index in [2.05, 4.69) is 54.2 Å². The molecule has 0 saturated carbocycles. The van der Waals surface area contributed by atoms with Crippen molar-refractivity contribution in [2.24, 2.45) is 0 Å². The first-order valence-corrected chi connectivity index (χ1v) is 7.29. The van der Waals surface area contributed by atoms with Crippen molar-refractivity contribution in [1.29, 1.82) is 0 Å². The van der Waals surface area contributed by atoms with E-state index in [0.29, 0.717) is 6.04 Å². The van der Waals surface area contributed by atoms with Gasteiger partial charge in [-0.05, 0) is 58.1 Å². The lowest BCUT2D eigenvalue weighted by Gasteiger charge is -2.41. The number of nitrogens with one attached hydrogen (secondary N) is 1. The van der Waals surface area contributed by atoms with Crippen molar-refractivity contribution in [1.82, 2.24) is 10.2 Å². The molecule has 0 aliphatic carbocycles. The summed E-state index contributed by atoms with van der Waals surface area (Å²) >= 11 is 0. The smallest absolute Gasteiger partial charge is 0.0399 e. The molecule has 1 aliphatic rings. The topological polar surface area (TPSA) is 18.5 Å². The van der Waals surface area contributed by atoms with Gasteiger partial charge in [-0.3, -0.25) is 4.90 Å². The van der Waals surface area contributed by atoms with E-state index in [1.54, 1.807) is 0 Å². The van der Waals surface area contributed by atoms with Crippen LogP contribution in [0.5, 0.6) is 0 Å². The fourth-order valence-electron chi connectivity index (χ4n) is 2.87. The first kappa shape index (κ1) is 14.4. The summed E-state index contributed by atoms with van der Waals surface area (Å²) in [5, 5.41) is 3.27. The van der Waals surface area contributed by atoms with Gasteiger partial charge in [0.15, 0.2) is 0 Å². The highest BCUT2D eigenvalue weighted by atomic mass is 15.3. The molecule has 0 aromatic heterocycles. The predicted octanol–water partition coefficient (Wildman–Crippen LogP) is 2.03. The molecule has 1 saturated heterocycles. The van der Waals surface area contributed by atoms with Crippen LogP contribution in [0.15, 0.2) is 18.2 Å². The van der Waals surface area contributed by atoms with E-state index in [1.807, 2.05) is 7.05 Å². The number of rotatable bonds is 4. The molecule has 1 aliphatic heterocycles. The highest BCUT2D eigenvalue weighted by Crippen LogP contribution is 2.25. The summed E-state index contributed by atoms with van der Waals surface area (Å²) in [6.45, 7) is 8.97. The summed E-state index contributed by atoms with van der Waals surface area (Å²) in [6, 6.07) is 7.30. The van der Waals surface area contributed by atoms with E-state index >= 15 is 0 Å². The molecule has 1 atom stereocenters. The van der Waals surface area contributed by atoms with E-state index < -0.39 is 0 Å². The van der Waals surface area contributed by atoms with Gasteiger partial charge in [-0.2, -0.15) is 0 Å². The third kappa shape index (κ3) is 3.28. The minimum absolute atomic E-state index is 0.654. The van der Waals surface area contributed by atoms with Gasteiger partial charge in [0.2, 0.25) is 0 Å². The fourth-order valence-corrected chi connectivity index (χ4v) is 2.87. The summed E-state index contributed by atoms with van der Waals surface area (Å²) in [5.41, 5.74) is 4.24. The molecule has 0 spiro atoms. The van der Waals surface area contributed by atoms with Crippen LogP contribution in [0.1, 0.15) is 17.5 Å². The van der Waals surface area contributed by atoms with Gasteiger partial charge in [0.1, 0.15) is 0 Å². The number of hydrogen-bond acceptors (Lipinski definition) is 3. The summed E-state index contributed by atoms with van der Waals surface area (Å²) in [4.78, 5) is 5.06. The molecular weight excluding hydrogens is 234 g/mol. The van der Waals surface area contributed by atoms with Crippen LogP contribution in [0.25, 0.3) is 0 Å². The Kier molecular flexibility index (Phi) is 4.83. The van der Waals surface area contributed by atoms with Gasteiger partial charge in [0, 0.05) is 31.4 Å². The molecule has 1 fully saturated rings. The molecule has 2 rings (SSSR count). The first-order chi connectivity index (χ1) is 9.13. The van der Waals surface area contributed by atoms with Crippen LogP contribution in [-0.2, 0) is 0 Å². The monoisotopic (exact) mass is 261 g/mol. The molecule has 0 bridgehead atoms. The molecular formula is C16H27N3. The minimum atomic E-state index is 0.654. The molecule has 106 valence electrons. The predicted molar refractivity (Wildman–Crippen MR) is 83.1 cm³/mol. The molecule has 3 nitrogen and oxygen atoms in total. The normalized spacial score (nSPS) is 20.8. The van der Waals surface area contributed by atoms with Crippen molar-refractivity contribution >= 4 is 5.69 Å². The lowest BCUT2D eigenvalue weighted by molar-refractivity contribution is 0.208. The van der Waals surface area contributed by atoms with Crippen molar-refractivity contribution in [3.63, 3.8) is 0 Å². The van der Waals surface area contributed by atoms with E-state index in [-0.39, 0.29) is 0 Å². The lowest BCUT2D eigenvalue weighted by Crippen LogP contribution is -2.52. The molecule has 19 heavy (non-hydrogen) atoms. The number of benzene rings is 1. The van der Waals surface area contributed by atoms with Crippen molar-refractivity contribution < 1.29 is 0 Å². The van der Waals surface area contributed by atoms with E-state index in [4.69, 9.17) is 0 Å². The second-order valence-electron chi connectivity index (χ2n) is 5.69. The molecule has 0 radical (unpaired) electrons. The minimum Gasteiger partial charge on any atom is -0.368 e. The Balaban J connectivity index is 2.10. The summed E-state index contributed by atoms with van der Waals surface area (Å²) in [6.07, 6.45) is 1.22. The Morgan fingerprint density at radius 1 is 1.26 bits per heavy atom. The van der Waals surface area contributed by atoms with Crippen molar-refractivity contribution in [3.8, 4) is 0 Å². The van der Waals surface area contributed by atoms with Gasteiger partial charge in [0.25, 0.3) is 0 Å². The zero-order chi connectivity index (χ0) is 13.8. The molecule has 1 unspecified atom stereocenters. The summed E-state index contributed by atoms with van der Waals surface area (Å²) in [7, 11) is 4.28. The quantitative estimate of drug-likeness (QED) is 0.895. The zero-order valence-corrected chi connectivity index (χ0v) is 12.7. The van der Waals surface area contributed by atoms with E-state index in [9.17, 15) is 0 Å². The van der Waals surface area contributed by atoms with E-state index in [1.165, 1.54) is 23.2 Å². The largest absolute Gasteiger partial charge is 0.368 e. The molecule has 1 N–H and O–H groups in total. The van der Waals surface area contributed by atoms with Crippen molar-refractivity contribution in [2.75, 3.05) is 45.2 Å². The molecule has 1 aromatic carbocycles. The first-order valence-electron chi connectivity index (χ1n) is 7.29. The van der Waals surface area contributed by atoms with Crippen LogP contribution < -0.4 is 10.2 Å². The average Bonchev–Trinajstić information content (AvgIpc) is 2.41. The van der Waals surface area contributed by atoms with Gasteiger partial charge in [-0.25, -0.2) is 0 Å². The van der Waals surface area contributed by atoms with Crippen LogP contribution >= 0.6 is 0 Å². The zero-order valence-electron chi connectivity index (χ0n) is 12.7. The SMILES string of the molecule is CNCCC1CN(c2cccc(C)c2C)CCN1C. The molecule has 1 aromatic rings. The second-order valence-corrected chi connectivity index (χ2v) is 5.69. The standard InChI is InChI=1S/C16H27N3/c1-13-6-5-7-16(14(13)2)19-11-10-18(4)15(12-19)8-9-17-3/h5-7,15,17H,8-12H2,1-4H3. The molecule has 1 heterocycles. The Bertz CT molecular complexity index is 416. The van der Waals surface area contributed by atoms with Crippen LogP contribution in [0.3, 0.4) is 0 Å². The molecule has 3 heteroatoms. The lowest BCUT2D eigenvalue weighted by atomic mass is 10.0. The maximum atomic E-state index is 3.27. The van der Waals surface area contributed by atoms with E-state index in [0.717, 1.165) is 26.2 Å². The van der Waals surface area contributed by atoms with Crippen LogP contribution in [-0.4, -0.2) is 51.2 Å². The Morgan fingerprint density at radius 3 is 2.79 bits per heavy atom. The summed E-state index contributed by atoms with van der Waals surface area (Å²) < 4.78 is 0. The Hall–Kier alpha value is -1.06. The number of anilines is 1. The summed E-state index contributed by atoms with van der Waals surface area (Å²) in [5.74, 6) is 0. The third-order valence-corrected chi connectivity index (χ3v) is 4.42. The maximum Gasteiger partial charge on any atom is 0.0399 e. The van der Waals surface area contributed by atoms with Crippen molar-refractivity contribution in [2.45, 2.75) is 26.3 Å².